The summed E-state index contributed by atoms with van der Waals surface area (Å²) in [6.07, 6.45) is 1.67. The van der Waals surface area contributed by atoms with E-state index in [4.69, 9.17) is 15.2 Å². The van der Waals surface area contributed by atoms with Crippen LogP contribution < -0.4 is 20.5 Å². The minimum atomic E-state index is -0.294. The van der Waals surface area contributed by atoms with Crippen molar-refractivity contribution in [2.24, 2.45) is 5.73 Å². The van der Waals surface area contributed by atoms with Crippen LogP contribution in [-0.4, -0.2) is 32.7 Å². The van der Waals surface area contributed by atoms with Gasteiger partial charge < -0.3 is 20.5 Å². The molecular formula is C14H20N2O3. The van der Waals surface area contributed by atoms with Crippen LogP contribution in [0.25, 0.3) is 0 Å². The Morgan fingerprint density at radius 3 is 2.79 bits per heavy atom. The third-order valence-corrected chi connectivity index (χ3v) is 3.63. The van der Waals surface area contributed by atoms with Crippen LogP contribution in [0, 0.1) is 0 Å². The maximum Gasteiger partial charge on any atom is 0.234 e. The third kappa shape index (κ3) is 2.98. The fourth-order valence-electron chi connectivity index (χ4n) is 2.57. The standard InChI is InChI=1S/C14H20N2O3/c1-18-10-3-4-11(13(8-10)19-2)9-5-6-16-12(7-9)14(15)17/h3-4,8-9,12,16H,5-7H2,1-2H3,(H2,15,17). The Balaban J connectivity index is 2.23. The van der Waals surface area contributed by atoms with Gasteiger partial charge in [-0.05, 0) is 36.9 Å². The van der Waals surface area contributed by atoms with Gasteiger partial charge in [0.15, 0.2) is 0 Å². The third-order valence-electron chi connectivity index (χ3n) is 3.63. The molecule has 0 saturated carbocycles. The highest BCUT2D eigenvalue weighted by Crippen LogP contribution is 2.36. The monoisotopic (exact) mass is 264 g/mol. The van der Waals surface area contributed by atoms with E-state index in [2.05, 4.69) is 5.32 Å². The second kappa shape index (κ2) is 5.93. The van der Waals surface area contributed by atoms with Crippen LogP contribution in [0.4, 0.5) is 0 Å². The molecule has 19 heavy (non-hydrogen) atoms. The molecular weight excluding hydrogens is 244 g/mol. The van der Waals surface area contributed by atoms with E-state index in [9.17, 15) is 4.79 Å². The zero-order valence-corrected chi connectivity index (χ0v) is 11.3. The Bertz CT molecular complexity index is 462. The maximum atomic E-state index is 11.3. The number of piperidine rings is 1. The van der Waals surface area contributed by atoms with Crippen molar-refractivity contribution in [3.63, 3.8) is 0 Å². The number of rotatable bonds is 4. The summed E-state index contributed by atoms with van der Waals surface area (Å²) in [6, 6.07) is 5.53. The molecule has 5 nitrogen and oxygen atoms in total. The van der Waals surface area contributed by atoms with Gasteiger partial charge in [-0.1, -0.05) is 6.07 Å². The van der Waals surface area contributed by atoms with Crippen molar-refractivity contribution in [2.45, 2.75) is 24.8 Å². The minimum absolute atomic E-state index is 0.259. The van der Waals surface area contributed by atoms with Crippen molar-refractivity contribution >= 4 is 5.91 Å². The summed E-state index contributed by atoms with van der Waals surface area (Å²) in [7, 11) is 3.27. The molecule has 2 rings (SSSR count). The lowest BCUT2D eigenvalue weighted by atomic mass is 9.85. The normalized spacial score (nSPS) is 22.8. The van der Waals surface area contributed by atoms with Gasteiger partial charge in [0.2, 0.25) is 5.91 Å². The second-order valence-electron chi connectivity index (χ2n) is 4.74. The maximum absolute atomic E-state index is 11.3. The lowest BCUT2D eigenvalue weighted by molar-refractivity contribution is -0.120. The van der Waals surface area contributed by atoms with E-state index in [1.165, 1.54) is 0 Å². The molecule has 1 fully saturated rings. The largest absolute Gasteiger partial charge is 0.497 e. The first kappa shape index (κ1) is 13.7. The smallest absolute Gasteiger partial charge is 0.234 e. The van der Waals surface area contributed by atoms with Gasteiger partial charge in [-0.15, -0.1) is 0 Å². The molecule has 1 amide bonds. The van der Waals surface area contributed by atoms with E-state index >= 15 is 0 Å². The molecule has 0 radical (unpaired) electrons. The van der Waals surface area contributed by atoms with Gasteiger partial charge in [-0.25, -0.2) is 0 Å². The minimum Gasteiger partial charge on any atom is -0.497 e. The predicted molar refractivity (Wildman–Crippen MR) is 72.5 cm³/mol. The Kier molecular flexibility index (Phi) is 4.27. The molecule has 0 aromatic heterocycles. The van der Waals surface area contributed by atoms with Crippen LogP contribution in [0.5, 0.6) is 11.5 Å². The number of carbonyl (C=O) groups excluding carboxylic acids is 1. The molecule has 104 valence electrons. The van der Waals surface area contributed by atoms with Crippen molar-refractivity contribution < 1.29 is 14.3 Å². The predicted octanol–water partition coefficient (Wildman–Crippen LogP) is 1.02. The number of benzene rings is 1. The first-order valence-electron chi connectivity index (χ1n) is 6.40. The second-order valence-corrected chi connectivity index (χ2v) is 4.74. The highest BCUT2D eigenvalue weighted by molar-refractivity contribution is 5.80. The topological polar surface area (TPSA) is 73.6 Å². The molecule has 3 N–H and O–H groups in total. The average Bonchev–Trinajstić information content (AvgIpc) is 2.46. The number of nitrogens with one attached hydrogen (secondary N) is 1. The molecule has 1 saturated heterocycles. The molecule has 2 atom stereocenters. The van der Waals surface area contributed by atoms with Gasteiger partial charge in [-0.3, -0.25) is 4.79 Å². The van der Waals surface area contributed by atoms with Crippen LogP contribution in [0.1, 0.15) is 24.3 Å². The zero-order chi connectivity index (χ0) is 13.8. The first-order valence-corrected chi connectivity index (χ1v) is 6.40. The van der Waals surface area contributed by atoms with Gasteiger partial charge >= 0.3 is 0 Å². The highest BCUT2D eigenvalue weighted by Gasteiger charge is 2.28. The van der Waals surface area contributed by atoms with Crippen LogP contribution in [-0.2, 0) is 4.79 Å². The molecule has 1 aromatic rings. The Hall–Kier alpha value is -1.75. The molecule has 0 bridgehead atoms. The van der Waals surface area contributed by atoms with Gasteiger partial charge in [0.1, 0.15) is 11.5 Å². The Labute approximate surface area is 113 Å². The SMILES string of the molecule is COc1ccc(C2CCNC(C(N)=O)C2)c(OC)c1. The van der Waals surface area contributed by atoms with Crippen LogP contribution in [0.15, 0.2) is 18.2 Å². The van der Waals surface area contributed by atoms with E-state index in [0.717, 1.165) is 30.0 Å². The van der Waals surface area contributed by atoms with E-state index in [0.29, 0.717) is 6.42 Å². The highest BCUT2D eigenvalue weighted by atomic mass is 16.5. The Morgan fingerprint density at radius 1 is 1.37 bits per heavy atom. The summed E-state index contributed by atoms with van der Waals surface area (Å²) in [5, 5.41) is 3.14. The summed E-state index contributed by atoms with van der Waals surface area (Å²) in [4.78, 5) is 11.3. The van der Waals surface area contributed by atoms with Crippen LogP contribution in [0.2, 0.25) is 0 Å². The molecule has 1 aromatic carbocycles. The quantitative estimate of drug-likeness (QED) is 0.851. The number of methoxy groups -OCH3 is 2. The fraction of sp³-hybridized carbons (Fsp3) is 0.500. The van der Waals surface area contributed by atoms with E-state index in [1.807, 2.05) is 18.2 Å². The zero-order valence-electron chi connectivity index (χ0n) is 11.3. The van der Waals surface area contributed by atoms with E-state index in [1.54, 1.807) is 14.2 Å². The number of ether oxygens (including phenoxy) is 2. The number of nitrogens with two attached hydrogens (primary N) is 1. The molecule has 0 spiro atoms. The molecule has 0 aliphatic carbocycles. The van der Waals surface area contributed by atoms with Gasteiger partial charge in [0.05, 0.1) is 20.3 Å². The Morgan fingerprint density at radius 2 is 2.16 bits per heavy atom. The van der Waals surface area contributed by atoms with Crippen LogP contribution >= 0.6 is 0 Å². The fourth-order valence-corrected chi connectivity index (χ4v) is 2.57. The summed E-state index contributed by atoms with van der Waals surface area (Å²) in [5.41, 5.74) is 6.48. The van der Waals surface area contributed by atoms with Crippen molar-refractivity contribution in [2.75, 3.05) is 20.8 Å². The van der Waals surface area contributed by atoms with Crippen molar-refractivity contribution in [1.82, 2.24) is 5.32 Å². The van der Waals surface area contributed by atoms with Gasteiger partial charge in [-0.2, -0.15) is 0 Å². The van der Waals surface area contributed by atoms with Gasteiger partial charge in [0.25, 0.3) is 0 Å². The van der Waals surface area contributed by atoms with Crippen molar-refractivity contribution in [1.29, 1.82) is 0 Å². The summed E-state index contributed by atoms with van der Waals surface area (Å²) in [6.45, 7) is 0.785. The van der Waals surface area contributed by atoms with Crippen molar-refractivity contribution in [3.05, 3.63) is 23.8 Å². The average molecular weight is 264 g/mol. The van der Waals surface area contributed by atoms with E-state index in [-0.39, 0.29) is 17.9 Å². The molecule has 1 heterocycles. The lowest BCUT2D eigenvalue weighted by Crippen LogP contribution is -2.46. The first-order chi connectivity index (χ1) is 9.15. The number of primary amides is 1. The molecule has 1 aliphatic heterocycles. The molecule has 5 heteroatoms. The number of carbonyl (C=O) groups is 1. The summed E-state index contributed by atoms with van der Waals surface area (Å²) in [5.74, 6) is 1.55. The number of hydrogen-bond donors (Lipinski definition) is 2. The molecule has 2 unspecified atom stereocenters. The lowest BCUT2D eigenvalue weighted by Gasteiger charge is -2.29. The van der Waals surface area contributed by atoms with Crippen molar-refractivity contribution in [3.8, 4) is 11.5 Å². The van der Waals surface area contributed by atoms with E-state index < -0.39 is 0 Å². The van der Waals surface area contributed by atoms with Gasteiger partial charge in [0, 0.05) is 6.07 Å². The summed E-state index contributed by atoms with van der Waals surface area (Å²) < 4.78 is 10.6. The number of hydrogen-bond acceptors (Lipinski definition) is 4. The van der Waals surface area contributed by atoms with Crippen LogP contribution in [0.3, 0.4) is 0 Å². The summed E-state index contributed by atoms with van der Waals surface area (Å²) >= 11 is 0. The molecule has 1 aliphatic rings. The number of amides is 1.